The van der Waals surface area contributed by atoms with E-state index in [9.17, 15) is 9.18 Å². The van der Waals surface area contributed by atoms with Crippen LogP contribution < -0.4 is 5.32 Å². The van der Waals surface area contributed by atoms with E-state index in [1.165, 1.54) is 6.07 Å². The average Bonchev–Trinajstić information content (AvgIpc) is 3.11. The maximum atomic E-state index is 13.7. The number of nitrogens with one attached hydrogen (secondary N) is 1. The second kappa shape index (κ2) is 4.45. The summed E-state index contributed by atoms with van der Waals surface area (Å²) < 4.78 is 19.1. The minimum Gasteiger partial charge on any atom is -0.450 e. The van der Waals surface area contributed by atoms with Gasteiger partial charge in [-0.2, -0.15) is 0 Å². The summed E-state index contributed by atoms with van der Waals surface area (Å²) in [6.07, 6.45) is 0. The van der Waals surface area contributed by atoms with Crippen LogP contribution in [0.15, 0.2) is 52.9 Å². The predicted molar refractivity (Wildman–Crippen MR) is 78.2 cm³/mol. The average molecular weight is 281 g/mol. The van der Waals surface area contributed by atoms with Crippen LogP contribution in [0.4, 0.5) is 10.1 Å². The Morgan fingerprint density at radius 1 is 1.19 bits per heavy atom. The van der Waals surface area contributed by atoms with Gasteiger partial charge in [0, 0.05) is 17.6 Å². The summed E-state index contributed by atoms with van der Waals surface area (Å²) >= 11 is 0. The Kier molecular flexibility index (Phi) is 2.57. The number of Topliss-reactive ketones (excluding diaryl/α,β-unsaturated/α-hetero) is 1. The van der Waals surface area contributed by atoms with Gasteiger partial charge in [-0.15, -0.1) is 0 Å². The molecule has 4 heteroatoms. The number of fused-ring (bicyclic) bond motifs is 2. The van der Waals surface area contributed by atoms with Crippen LogP contribution in [-0.2, 0) is 0 Å². The Morgan fingerprint density at radius 3 is 2.90 bits per heavy atom. The molecule has 0 spiro atoms. The van der Waals surface area contributed by atoms with Crippen molar-refractivity contribution >= 4 is 22.4 Å². The Balaban J connectivity index is 1.76. The van der Waals surface area contributed by atoms with Crippen molar-refractivity contribution in [3.63, 3.8) is 0 Å². The van der Waals surface area contributed by atoms with Crippen molar-refractivity contribution in [2.75, 3.05) is 11.9 Å². The normalized spacial score (nSPS) is 16.7. The molecule has 1 aliphatic heterocycles. The molecule has 1 atom stereocenters. The molecule has 0 saturated heterocycles. The summed E-state index contributed by atoms with van der Waals surface area (Å²) in [4.78, 5) is 12.6. The second-order valence-corrected chi connectivity index (χ2v) is 5.15. The lowest BCUT2D eigenvalue weighted by Gasteiger charge is -2.06. The third kappa shape index (κ3) is 1.83. The van der Waals surface area contributed by atoms with Crippen molar-refractivity contribution < 1.29 is 13.6 Å². The van der Waals surface area contributed by atoms with Gasteiger partial charge >= 0.3 is 0 Å². The molecule has 0 radical (unpaired) electrons. The number of furan rings is 1. The fraction of sp³-hybridized carbons (Fsp3) is 0.118. The molecule has 0 saturated carbocycles. The summed E-state index contributed by atoms with van der Waals surface area (Å²) in [7, 11) is 0. The van der Waals surface area contributed by atoms with E-state index in [1.807, 2.05) is 24.3 Å². The highest BCUT2D eigenvalue weighted by atomic mass is 19.1. The van der Waals surface area contributed by atoms with Crippen molar-refractivity contribution in [1.29, 1.82) is 0 Å². The molecule has 2 aromatic carbocycles. The fourth-order valence-corrected chi connectivity index (χ4v) is 2.84. The van der Waals surface area contributed by atoms with E-state index in [2.05, 4.69) is 5.32 Å². The number of rotatable bonds is 2. The van der Waals surface area contributed by atoms with E-state index < -0.39 is 5.82 Å². The van der Waals surface area contributed by atoms with Crippen LogP contribution in [0.5, 0.6) is 0 Å². The van der Waals surface area contributed by atoms with E-state index in [1.54, 1.807) is 18.2 Å². The van der Waals surface area contributed by atoms with E-state index in [4.69, 9.17) is 4.42 Å². The largest absolute Gasteiger partial charge is 0.450 e. The van der Waals surface area contributed by atoms with E-state index in [0.29, 0.717) is 11.9 Å². The van der Waals surface area contributed by atoms with Gasteiger partial charge in [0.2, 0.25) is 5.78 Å². The van der Waals surface area contributed by atoms with Gasteiger partial charge in [0.05, 0.1) is 5.92 Å². The first-order chi connectivity index (χ1) is 10.2. The molecular weight excluding hydrogens is 269 g/mol. The maximum Gasteiger partial charge on any atom is 0.207 e. The smallest absolute Gasteiger partial charge is 0.207 e. The quantitative estimate of drug-likeness (QED) is 0.723. The number of halogens is 1. The molecule has 1 unspecified atom stereocenters. The van der Waals surface area contributed by atoms with Crippen molar-refractivity contribution in [2.24, 2.45) is 0 Å². The lowest BCUT2D eigenvalue weighted by atomic mass is 9.95. The summed E-state index contributed by atoms with van der Waals surface area (Å²) in [6.45, 7) is 0.539. The number of hydrogen-bond acceptors (Lipinski definition) is 3. The molecule has 3 aromatic rings. The van der Waals surface area contributed by atoms with Crippen molar-refractivity contribution in [3.05, 3.63) is 65.7 Å². The van der Waals surface area contributed by atoms with Gasteiger partial charge in [-0.1, -0.05) is 30.3 Å². The maximum absolute atomic E-state index is 13.7. The van der Waals surface area contributed by atoms with Gasteiger partial charge in [0.25, 0.3) is 0 Å². The lowest BCUT2D eigenvalue weighted by molar-refractivity contribution is 0.0941. The van der Waals surface area contributed by atoms with Crippen LogP contribution in [0, 0.1) is 5.82 Å². The van der Waals surface area contributed by atoms with Crippen LogP contribution in [0.2, 0.25) is 0 Å². The molecule has 21 heavy (non-hydrogen) atoms. The molecule has 4 rings (SSSR count). The van der Waals surface area contributed by atoms with Crippen LogP contribution in [0.3, 0.4) is 0 Å². The van der Waals surface area contributed by atoms with Crippen LogP contribution in [0.25, 0.3) is 11.0 Å². The molecule has 1 aromatic heterocycles. The van der Waals surface area contributed by atoms with Crippen LogP contribution >= 0.6 is 0 Å². The molecule has 0 fully saturated rings. The second-order valence-electron chi connectivity index (χ2n) is 5.15. The molecule has 2 heterocycles. The zero-order valence-corrected chi connectivity index (χ0v) is 11.1. The predicted octanol–water partition coefficient (Wildman–Crippen LogP) is 3.96. The first-order valence-corrected chi connectivity index (χ1v) is 6.79. The highest BCUT2D eigenvalue weighted by molar-refractivity contribution is 6.03. The number of para-hydroxylation sites is 2. The zero-order valence-electron chi connectivity index (χ0n) is 11.1. The molecule has 104 valence electrons. The van der Waals surface area contributed by atoms with Gasteiger partial charge < -0.3 is 9.73 Å². The first kappa shape index (κ1) is 12.1. The van der Waals surface area contributed by atoms with Gasteiger partial charge in [-0.3, -0.25) is 4.79 Å². The number of carbonyl (C=O) groups is 1. The van der Waals surface area contributed by atoms with Crippen LogP contribution in [0.1, 0.15) is 22.0 Å². The van der Waals surface area contributed by atoms with E-state index in [0.717, 1.165) is 11.3 Å². The molecular formula is C17H12FNO2. The number of hydrogen-bond donors (Lipinski definition) is 1. The highest BCUT2D eigenvalue weighted by Crippen LogP contribution is 2.34. The number of benzene rings is 2. The first-order valence-electron chi connectivity index (χ1n) is 6.79. The number of anilines is 1. The number of ketones is 1. The third-order valence-corrected chi connectivity index (χ3v) is 3.89. The molecule has 1 N–H and O–H groups in total. The summed E-state index contributed by atoms with van der Waals surface area (Å²) in [5, 5.41) is 3.82. The Hall–Kier alpha value is -2.62. The van der Waals surface area contributed by atoms with Crippen molar-refractivity contribution in [2.45, 2.75) is 5.92 Å². The molecule has 0 amide bonds. The van der Waals surface area contributed by atoms with Crippen molar-refractivity contribution in [3.8, 4) is 0 Å². The van der Waals surface area contributed by atoms with Gasteiger partial charge in [0.15, 0.2) is 17.2 Å². The monoisotopic (exact) mass is 281 g/mol. The topological polar surface area (TPSA) is 42.2 Å². The number of carbonyl (C=O) groups excluding carboxylic acids is 1. The zero-order chi connectivity index (χ0) is 14.4. The summed E-state index contributed by atoms with van der Waals surface area (Å²) in [5.74, 6) is -0.650. The SMILES string of the molecule is O=C(c1cc2cccc(F)c2o1)C1CNc2ccccc21. The fourth-order valence-electron chi connectivity index (χ4n) is 2.84. The van der Waals surface area contributed by atoms with Gasteiger partial charge in [-0.05, 0) is 23.8 Å². The Morgan fingerprint density at radius 2 is 2.05 bits per heavy atom. The molecule has 3 nitrogen and oxygen atoms in total. The third-order valence-electron chi connectivity index (χ3n) is 3.89. The lowest BCUT2D eigenvalue weighted by Crippen LogP contribution is -2.14. The molecule has 0 bridgehead atoms. The summed E-state index contributed by atoms with van der Waals surface area (Å²) in [5.41, 5.74) is 2.07. The minimum absolute atomic E-state index is 0.122. The minimum atomic E-state index is -0.448. The molecule has 0 aliphatic carbocycles. The Labute approximate surface area is 120 Å². The van der Waals surface area contributed by atoms with Crippen molar-refractivity contribution in [1.82, 2.24) is 0 Å². The standard InChI is InChI=1S/C17H12FNO2/c18-13-6-3-4-10-8-15(21-17(10)13)16(20)12-9-19-14-7-2-1-5-11(12)14/h1-8,12,19H,9H2. The molecule has 1 aliphatic rings. The highest BCUT2D eigenvalue weighted by Gasteiger charge is 2.31. The van der Waals surface area contributed by atoms with E-state index in [-0.39, 0.29) is 23.0 Å². The summed E-state index contributed by atoms with van der Waals surface area (Å²) in [6, 6.07) is 14.0. The van der Waals surface area contributed by atoms with Gasteiger partial charge in [0.1, 0.15) is 0 Å². The van der Waals surface area contributed by atoms with Crippen LogP contribution in [-0.4, -0.2) is 12.3 Å². The Bertz CT molecular complexity index is 853. The van der Waals surface area contributed by atoms with E-state index >= 15 is 0 Å². The van der Waals surface area contributed by atoms with Gasteiger partial charge in [-0.25, -0.2) is 4.39 Å².